The van der Waals surface area contributed by atoms with E-state index in [2.05, 4.69) is 50.5 Å². The molecule has 23 heavy (non-hydrogen) atoms. The van der Waals surface area contributed by atoms with Gasteiger partial charge < -0.3 is 10.1 Å². The van der Waals surface area contributed by atoms with Crippen molar-refractivity contribution >= 4 is 5.82 Å². The quantitative estimate of drug-likeness (QED) is 0.939. The van der Waals surface area contributed by atoms with Crippen molar-refractivity contribution in [1.82, 2.24) is 14.9 Å². The molecule has 2 atom stereocenters. The van der Waals surface area contributed by atoms with Crippen molar-refractivity contribution in [1.29, 1.82) is 0 Å². The summed E-state index contributed by atoms with van der Waals surface area (Å²) in [4.78, 5) is 10.9. The standard InChI is InChI=1S/C18H22N4O/c1-2-4-15(5-3-1)12-22-9-6-18(14-22)10-16(13-23-18)21-17-11-19-7-8-20-17/h1-5,7-8,11,16H,6,9-10,12-14H2,(H,20,21)/t16-,18+/m0/s1. The second-order valence-corrected chi connectivity index (χ2v) is 6.58. The van der Waals surface area contributed by atoms with E-state index in [1.165, 1.54) is 5.56 Å². The highest BCUT2D eigenvalue weighted by Crippen LogP contribution is 2.36. The summed E-state index contributed by atoms with van der Waals surface area (Å²) in [5, 5.41) is 3.44. The van der Waals surface area contributed by atoms with Crippen LogP contribution in [-0.4, -0.2) is 46.2 Å². The maximum absolute atomic E-state index is 6.20. The summed E-state index contributed by atoms with van der Waals surface area (Å²) < 4.78 is 6.20. The van der Waals surface area contributed by atoms with Crippen molar-refractivity contribution in [3.8, 4) is 0 Å². The Morgan fingerprint density at radius 1 is 1.26 bits per heavy atom. The fourth-order valence-corrected chi connectivity index (χ4v) is 3.71. The zero-order valence-corrected chi connectivity index (χ0v) is 13.2. The first-order valence-electron chi connectivity index (χ1n) is 8.24. The van der Waals surface area contributed by atoms with Crippen molar-refractivity contribution < 1.29 is 4.74 Å². The Balaban J connectivity index is 1.34. The van der Waals surface area contributed by atoms with Gasteiger partial charge in [-0.3, -0.25) is 9.88 Å². The van der Waals surface area contributed by atoms with Gasteiger partial charge in [-0.1, -0.05) is 30.3 Å². The molecule has 2 aliphatic heterocycles. The molecule has 1 aromatic heterocycles. The molecule has 0 amide bonds. The van der Waals surface area contributed by atoms with Crippen LogP contribution in [-0.2, 0) is 11.3 Å². The predicted octanol–water partition coefficient (Wildman–Crippen LogP) is 2.32. The molecule has 0 bridgehead atoms. The monoisotopic (exact) mass is 310 g/mol. The van der Waals surface area contributed by atoms with Crippen LogP contribution in [0.1, 0.15) is 18.4 Å². The van der Waals surface area contributed by atoms with Gasteiger partial charge in [0.1, 0.15) is 5.82 Å². The highest BCUT2D eigenvalue weighted by atomic mass is 16.5. The summed E-state index contributed by atoms with van der Waals surface area (Å²) in [5.41, 5.74) is 1.38. The average molecular weight is 310 g/mol. The molecule has 5 nitrogen and oxygen atoms in total. The highest BCUT2D eigenvalue weighted by Gasteiger charge is 2.45. The summed E-state index contributed by atoms with van der Waals surface area (Å²) in [6, 6.07) is 11.0. The predicted molar refractivity (Wildman–Crippen MR) is 89.1 cm³/mol. The number of hydrogen-bond donors (Lipinski definition) is 1. The molecule has 3 heterocycles. The van der Waals surface area contributed by atoms with E-state index in [4.69, 9.17) is 4.74 Å². The van der Waals surface area contributed by atoms with Crippen molar-refractivity contribution in [3.63, 3.8) is 0 Å². The molecule has 120 valence electrons. The van der Waals surface area contributed by atoms with Gasteiger partial charge in [-0.25, -0.2) is 4.98 Å². The number of nitrogens with zero attached hydrogens (tertiary/aromatic N) is 3. The van der Waals surface area contributed by atoms with Crippen LogP contribution < -0.4 is 5.32 Å². The summed E-state index contributed by atoms with van der Waals surface area (Å²) in [6.45, 7) is 3.87. The van der Waals surface area contributed by atoms with Gasteiger partial charge >= 0.3 is 0 Å². The van der Waals surface area contributed by atoms with Crippen LogP contribution in [0.5, 0.6) is 0 Å². The third-order valence-corrected chi connectivity index (χ3v) is 4.77. The zero-order valence-electron chi connectivity index (χ0n) is 13.2. The maximum atomic E-state index is 6.20. The molecule has 1 aromatic carbocycles. The molecule has 0 aliphatic carbocycles. The first-order valence-corrected chi connectivity index (χ1v) is 8.24. The van der Waals surface area contributed by atoms with Crippen LogP contribution >= 0.6 is 0 Å². The number of hydrogen-bond acceptors (Lipinski definition) is 5. The third-order valence-electron chi connectivity index (χ3n) is 4.77. The first-order chi connectivity index (χ1) is 11.3. The van der Waals surface area contributed by atoms with E-state index in [1.54, 1.807) is 18.6 Å². The van der Waals surface area contributed by atoms with Gasteiger partial charge in [0.2, 0.25) is 0 Å². The molecular weight excluding hydrogens is 288 g/mol. The number of anilines is 1. The molecule has 2 aliphatic rings. The lowest BCUT2D eigenvalue weighted by Crippen LogP contribution is -2.33. The Bertz CT molecular complexity index is 576. The van der Waals surface area contributed by atoms with Crippen LogP contribution in [0.2, 0.25) is 0 Å². The van der Waals surface area contributed by atoms with E-state index in [9.17, 15) is 0 Å². The minimum Gasteiger partial charge on any atom is -0.371 e. The Kier molecular flexibility index (Phi) is 3.97. The van der Waals surface area contributed by atoms with Gasteiger partial charge in [-0.2, -0.15) is 0 Å². The SMILES string of the molecule is c1ccc(CN2CC[C@@]3(C[C@H](Nc4cnccn4)CO3)C2)cc1. The van der Waals surface area contributed by atoms with Gasteiger partial charge in [-0.15, -0.1) is 0 Å². The number of benzene rings is 1. The Labute approximate surface area is 136 Å². The lowest BCUT2D eigenvalue weighted by molar-refractivity contribution is 0.0120. The second-order valence-electron chi connectivity index (χ2n) is 6.58. The van der Waals surface area contributed by atoms with E-state index in [0.29, 0.717) is 6.04 Å². The number of rotatable bonds is 4. The van der Waals surface area contributed by atoms with Gasteiger partial charge in [0.05, 0.1) is 24.4 Å². The van der Waals surface area contributed by atoms with Crippen molar-refractivity contribution in [3.05, 3.63) is 54.5 Å². The Hall–Kier alpha value is -1.98. The van der Waals surface area contributed by atoms with Crippen LogP contribution in [0.4, 0.5) is 5.82 Å². The summed E-state index contributed by atoms with van der Waals surface area (Å²) in [7, 11) is 0. The Morgan fingerprint density at radius 3 is 3.00 bits per heavy atom. The first kappa shape index (κ1) is 14.6. The van der Waals surface area contributed by atoms with Gasteiger partial charge in [0.25, 0.3) is 0 Å². The molecule has 2 aromatic rings. The molecule has 2 fully saturated rings. The average Bonchev–Trinajstić information content (AvgIpc) is 3.16. The molecule has 4 rings (SSSR count). The summed E-state index contributed by atoms with van der Waals surface area (Å²) in [6.07, 6.45) is 7.32. The molecule has 0 unspecified atom stereocenters. The molecule has 0 saturated carbocycles. The number of aromatic nitrogens is 2. The lowest BCUT2D eigenvalue weighted by atomic mass is 9.97. The van der Waals surface area contributed by atoms with Crippen molar-refractivity contribution in [2.75, 3.05) is 25.0 Å². The number of likely N-dealkylation sites (tertiary alicyclic amines) is 1. The zero-order chi connectivity index (χ0) is 15.5. The van der Waals surface area contributed by atoms with E-state index < -0.39 is 0 Å². The molecule has 5 heteroatoms. The molecule has 0 radical (unpaired) electrons. The second kappa shape index (κ2) is 6.26. The van der Waals surface area contributed by atoms with E-state index in [1.807, 2.05) is 0 Å². The molecule has 1 spiro atoms. The fraction of sp³-hybridized carbons (Fsp3) is 0.444. The minimum atomic E-state index is 0.00859. The smallest absolute Gasteiger partial charge is 0.144 e. The van der Waals surface area contributed by atoms with Crippen LogP contribution in [0.3, 0.4) is 0 Å². The largest absolute Gasteiger partial charge is 0.371 e. The van der Waals surface area contributed by atoms with Crippen molar-refractivity contribution in [2.24, 2.45) is 0 Å². The van der Waals surface area contributed by atoms with E-state index in [0.717, 1.165) is 44.9 Å². The van der Waals surface area contributed by atoms with Gasteiger partial charge in [0, 0.05) is 38.4 Å². The highest BCUT2D eigenvalue weighted by molar-refractivity contribution is 5.32. The third kappa shape index (κ3) is 3.35. The topological polar surface area (TPSA) is 50.3 Å². The normalized spacial score (nSPS) is 27.6. The number of nitrogens with one attached hydrogen (secondary N) is 1. The van der Waals surface area contributed by atoms with E-state index in [-0.39, 0.29) is 5.60 Å². The molecule has 2 saturated heterocycles. The maximum Gasteiger partial charge on any atom is 0.144 e. The van der Waals surface area contributed by atoms with Gasteiger partial charge in [0.15, 0.2) is 0 Å². The lowest BCUT2D eigenvalue weighted by Gasteiger charge is -2.23. The summed E-state index contributed by atoms with van der Waals surface area (Å²) in [5.74, 6) is 0.831. The molecule has 1 N–H and O–H groups in total. The van der Waals surface area contributed by atoms with Crippen LogP contribution in [0.15, 0.2) is 48.9 Å². The Morgan fingerprint density at radius 2 is 2.17 bits per heavy atom. The van der Waals surface area contributed by atoms with Crippen LogP contribution in [0, 0.1) is 0 Å². The van der Waals surface area contributed by atoms with Gasteiger partial charge in [-0.05, 0) is 12.0 Å². The van der Waals surface area contributed by atoms with Crippen molar-refractivity contribution in [2.45, 2.75) is 31.0 Å². The van der Waals surface area contributed by atoms with E-state index >= 15 is 0 Å². The van der Waals surface area contributed by atoms with Crippen LogP contribution in [0.25, 0.3) is 0 Å². The minimum absolute atomic E-state index is 0.00859. The summed E-state index contributed by atoms with van der Waals surface area (Å²) >= 11 is 0. The molecular formula is C18H22N4O. The fourth-order valence-electron chi connectivity index (χ4n) is 3.71. The number of ether oxygens (including phenoxy) is 1.